The summed E-state index contributed by atoms with van der Waals surface area (Å²) in [5, 5.41) is 21.7. The van der Waals surface area contributed by atoms with Gasteiger partial charge >= 0.3 is 0 Å². The molecule has 1 aliphatic heterocycles. The molecule has 0 saturated heterocycles. The zero-order valence-electron chi connectivity index (χ0n) is 17.2. The first-order valence-corrected chi connectivity index (χ1v) is 10.0. The maximum atomic E-state index is 13.4. The normalized spacial score (nSPS) is 14.3. The number of rotatable bonds is 6. The van der Waals surface area contributed by atoms with Gasteiger partial charge in [0.1, 0.15) is 12.4 Å². The lowest BCUT2D eigenvalue weighted by Gasteiger charge is -2.25. The van der Waals surface area contributed by atoms with Crippen LogP contribution in [0.1, 0.15) is 49.4 Å². The number of phenols is 1. The molecule has 7 heteroatoms. The first kappa shape index (κ1) is 20.1. The van der Waals surface area contributed by atoms with Crippen LogP contribution in [0.4, 0.5) is 0 Å². The molecule has 1 aromatic carbocycles. The van der Waals surface area contributed by atoms with Crippen molar-refractivity contribution in [3.8, 4) is 17.1 Å². The van der Waals surface area contributed by atoms with E-state index in [-0.39, 0.29) is 23.5 Å². The molecule has 3 aromatic rings. The molecule has 0 amide bonds. The predicted molar refractivity (Wildman–Crippen MR) is 112 cm³/mol. The molecule has 0 unspecified atom stereocenters. The van der Waals surface area contributed by atoms with Crippen LogP contribution in [0.3, 0.4) is 0 Å². The molecule has 0 bridgehead atoms. The van der Waals surface area contributed by atoms with Crippen molar-refractivity contribution in [2.75, 3.05) is 0 Å². The molecule has 4 rings (SSSR count). The molecule has 1 atom stereocenters. The molecule has 156 valence electrons. The quantitative estimate of drug-likeness (QED) is 0.476. The molecule has 2 aromatic heterocycles. The predicted octanol–water partition coefficient (Wildman–Crippen LogP) is 2.98. The molecule has 3 heterocycles. The third kappa shape index (κ3) is 2.97. The summed E-state index contributed by atoms with van der Waals surface area (Å²) in [6.45, 7) is 5.94. The first-order chi connectivity index (χ1) is 14.3. The number of pyridine rings is 2. The van der Waals surface area contributed by atoms with Gasteiger partial charge < -0.3 is 19.5 Å². The zero-order chi connectivity index (χ0) is 21.6. The van der Waals surface area contributed by atoms with Crippen molar-refractivity contribution in [2.24, 2.45) is 0 Å². The number of carbonyl (C=O) groups is 1. The summed E-state index contributed by atoms with van der Waals surface area (Å²) in [4.78, 5) is 28.9. The second kappa shape index (κ2) is 7.25. The van der Waals surface area contributed by atoms with Gasteiger partial charge in [0, 0.05) is 10.9 Å². The Labute approximate surface area is 173 Å². The number of benzene rings is 1. The number of carbonyl (C=O) groups excluding carboxylic acids is 1. The molecule has 0 aliphatic carbocycles. The fraction of sp³-hybridized carbons (Fsp3) is 0.348. The minimum atomic E-state index is -1.25. The van der Waals surface area contributed by atoms with Gasteiger partial charge in [0.25, 0.3) is 12.0 Å². The average molecular weight is 408 g/mol. The van der Waals surface area contributed by atoms with E-state index in [0.717, 1.165) is 22.0 Å². The second-order valence-corrected chi connectivity index (χ2v) is 7.82. The van der Waals surface area contributed by atoms with E-state index in [9.17, 15) is 19.8 Å². The number of hydrogen-bond acceptors (Lipinski definition) is 6. The summed E-state index contributed by atoms with van der Waals surface area (Å²) < 4.78 is 6.51. The summed E-state index contributed by atoms with van der Waals surface area (Å²) in [6.07, 6.45) is 1.11. The number of aromatic hydroxyl groups is 1. The minimum absolute atomic E-state index is 0.168. The van der Waals surface area contributed by atoms with Crippen molar-refractivity contribution in [3.05, 3.63) is 56.9 Å². The van der Waals surface area contributed by atoms with Crippen LogP contribution < -0.4 is 5.56 Å². The van der Waals surface area contributed by atoms with Crippen LogP contribution in [-0.2, 0) is 34.7 Å². The first-order valence-electron chi connectivity index (χ1n) is 10.0. The van der Waals surface area contributed by atoms with Gasteiger partial charge in [-0.15, -0.1) is 0 Å². The van der Waals surface area contributed by atoms with E-state index in [0.29, 0.717) is 42.8 Å². The fourth-order valence-corrected chi connectivity index (χ4v) is 4.27. The van der Waals surface area contributed by atoms with Crippen LogP contribution in [0.15, 0.2) is 29.1 Å². The Balaban J connectivity index is 2.03. The van der Waals surface area contributed by atoms with E-state index >= 15 is 0 Å². The van der Waals surface area contributed by atoms with Crippen molar-refractivity contribution < 1.29 is 19.7 Å². The van der Waals surface area contributed by atoms with E-state index in [1.54, 1.807) is 35.8 Å². The largest absolute Gasteiger partial charge is 0.508 e. The van der Waals surface area contributed by atoms with Gasteiger partial charge in [-0.1, -0.05) is 13.8 Å². The topological polar surface area (TPSA) is 102 Å². The minimum Gasteiger partial charge on any atom is -0.508 e. The third-order valence-electron chi connectivity index (χ3n) is 6.06. The van der Waals surface area contributed by atoms with E-state index in [1.807, 2.05) is 13.8 Å². The monoisotopic (exact) mass is 408 g/mol. The maximum absolute atomic E-state index is 13.4. The lowest BCUT2D eigenvalue weighted by Crippen LogP contribution is -2.31. The van der Waals surface area contributed by atoms with Gasteiger partial charge in [-0.3, -0.25) is 9.59 Å². The van der Waals surface area contributed by atoms with Gasteiger partial charge in [-0.05, 0) is 55.2 Å². The molecule has 30 heavy (non-hydrogen) atoms. The summed E-state index contributed by atoms with van der Waals surface area (Å²) >= 11 is 0. The highest BCUT2D eigenvalue weighted by molar-refractivity contribution is 5.89. The Morgan fingerprint density at radius 1 is 1.27 bits per heavy atom. The number of nitrogens with zero attached hydrogens (tertiary/aromatic N) is 2. The Morgan fingerprint density at radius 2 is 2.03 bits per heavy atom. The van der Waals surface area contributed by atoms with Crippen LogP contribution in [0.5, 0.6) is 5.75 Å². The molecule has 0 radical (unpaired) electrons. The number of aliphatic hydroxyl groups is 1. The molecule has 0 fully saturated rings. The zero-order valence-corrected chi connectivity index (χ0v) is 17.2. The van der Waals surface area contributed by atoms with Crippen LogP contribution in [0, 0.1) is 0 Å². The summed E-state index contributed by atoms with van der Waals surface area (Å²) in [5.41, 5.74) is 3.21. The van der Waals surface area contributed by atoms with Crippen LogP contribution in [-0.4, -0.2) is 26.2 Å². The Hall–Kier alpha value is -3.19. The lowest BCUT2D eigenvalue weighted by atomic mass is 9.89. The smallest absolute Gasteiger partial charge is 0.293 e. The molecule has 7 nitrogen and oxygen atoms in total. The van der Waals surface area contributed by atoms with E-state index < -0.39 is 5.60 Å². The van der Waals surface area contributed by atoms with Crippen molar-refractivity contribution in [2.45, 2.75) is 52.4 Å². The molecule has 1 aliphatic rings. The fourth-order valence-electron chi connectivity index (χ4n) is 4.27. The number of ether oxygens (including phenoxy) is 1. The van der Waals surface area contributed by atoms with Gasteiger partial charge in [0.05, 0.1) is 34.6 Å². The van der Waals surface area contributed by atoms with Gasteiger partial charge in [0.2, 0.25) is 0 Å². The van der Waals surface area contributed by atoms with Crippen molar-refractivity contribution in [1.82, 2.24) is 9.55 Å². The van der Waals surface area contributed by atoms with Gasteiger partial charge in [-0.25, -0.2) is 4.98 Å². The third-order valence-corrected chi connectivity index (χ3v) is 6.06. The van der Waals surface area contributed by atoms with Crippen LogP contribution >= 0.6 is 0 Å². The Bertz CT molecular complexity index is 1230. The standard InChI is InChI=1S/C23H24N2O5/c1-4-14-15-8-13(27)6-7-19(15)24-21-16(14)10-25-20(21)9-18(23(3,29)5-2)17(22(25)28)11-30-12-26/h6-9,12,27,29H,4-5,10-11H2,1-3H3/t23-/m0/s1. The number of fused-ring (bicyclic) bond motifs is 4. The lowest BCUT2D eigenvalue weighted by molar-refractivity contribution is -0.129. The van der Waals surface area contributed by atoms with Crippen LogP contribution in [0.25, 0.3) is 22.3 Å². The second-order valence-electron chi connectivity index (χ2n) is 7.82. The highest BCUT2D eigenvalue weighted by Gasteiger charge is 2.32. The van der Waals surface area contributed by atoms with Gasteiger partial charge in [0.15, 0.2) is 0 Å². The van der Waals surface area contributed by atoms with Crippen molar-refractivity contribution in [3.63, 3.8) is 0 Å². The molecule has 0 spiro atoms. The number of hydrogen-bond donors (Lipinski definition) is 2. The van der Waals surface area contributed by atoms with E-state index in [1.165, 1.54) is 0 Å². The van der Waals surface area contributed by atoms with E-state index in [2.05, 4.69) is 0 Å². The molecule has 2 N–H and O–H groups in total. The van der Waals surface area contributed by atoms with Gasteiger partial charge in [-0.2, -0.15) is 0 Å². The summed E-state index contributed by atoms with van der Waals surface area (Å²) in [6, 6.07) is 6.85. The molecular formula is C23H24N2O5. The number of aromatic nitrogens is 2. The van der Waals surface area contributed by atoms with Crippen LogP contribution in [0.2, 0.25) is 0 Å². The summed E-state index contributed by atoms with van der Waals surface area (Å²) in [7, 11) is 0. The molecule has 0 saturated carbocycles. The SMILES string of the molecule is CCc1c2c(nc3ccc(O)cc13)-c1cc([C@@](C)(O)CC)c(COC=O)c(=O)n1C2. The maximum Gasteiger partial charge on any atom is 0.293 e. The van der Waals surface area contributed by atoms with Crippen molar-refractivity contribution in [1.29, 1.82) is 0 Å². The number of phenolic OH excluding ortho intramolecular Hbond substituents is 1. The van der Waals surface area contributed by atoms with E-state index in [4.69, 9.17) is 9.72 Å². The Kier molecular flexibility index (Phi) is 4.86. The van der Waals surface area contributed by atoms with Crippen molar-refractivity contribution >= 4 is 17.4 Å². The highest BCUT2D eigenvalue weighted by Crippen LogP contribution is 2.39. The summed E-state index contributed by atoms with van der Waals surface area (Å²) in [5.74, 6) is 0.168. The average Bonchev–Trinajstić information content (AvgIpc) is 3.09. The Morgan fingerprint density at radius 3 is 2.70 bits per heavy atom. The number of aryl methyl sites for hydroxylation is 1. The highest BCUT2D eigenvalue weighted by atomic mass is 16.5. The molecular weight excluding hydrogens is 384 g/mol.